The van der Waals surface area contributed by atoms with E-state index >= 15 is 0 Å². The van der Waals surface area contributed by atoms with E-state index in [9.17, 15) is 9.59 Å². The Kier molecular flexibility index (Phi) is 5.10. The van der Waals surface area contributed by atoms with E-state index in [1.54, 1.807) is 0 Å². The molecule has 0 saturated carbocycles. The fourth-order valence-electron chi connectivity index (χ4n) is 2.07. The molecule has 1 aliphatic heterocycles. The summed E-state index contributed by atoms with van der Waals surface area (Å²) in [5.41, 5.74) is 10.3. The lowest BCUT2D eigenvalue weighted by Crippen LogP contribution is -2.46. The number of nitrogens with zero attached hydrogens (tertiary/aromatic N) is 2. The zero-order valence-electron chi connectivity index (χ0n) is 11.3. The molecule has 1 aliphatic rings. The van der Waals surface area contributed by atoms with E-state index in [-0.39, 0.29) is 18.4 Å². The first-order chi connectivity index (χ1) is 8.36. The molecule has 0 unspecified atom stereocenters. The van der Waals surface area contributed by atoms with Gasteiger partial charge in [0.15, 0.2) is 0 Å². The number of primary amides is 1. The number of hydrogen-bond donors (Lipinski definition) is 2. The van der Waals surface area contributed by atoms with Gasteiger partial charge in [0.2, 0.25) is 11.8 Å². The van der Waals surface area contributed by atoms with Crippen molar-refractivity contribution in [2.45, 2.75) is 20.3 Å². The van der Waals surface area contributed by atoms with Crippen molar-refractivity contribution in [2.75, 3.05) is 39.3 Å². The fourth-order valence-corrected chi connectivity index (χ4v) is 2.07. The number of rotatable bonds is 4. The molecule has 6 nitrogen and oxygen atoms in total. The molecule has 104 valence electrons. The molecule has 1 rings (SSSR count). The van der Waals surface area contributed by atoms with Crippen molar-refractivity contribution < 1.29 is 9.59 Å². The molecule has 0 aliphatic carbocycles. The number of hydrogen-bond acceptors (Lipinski definition) is 4. The van der Waals surface area contributed by atoms with Crippen molar-refractivity contribution in [3.63, 3.8) is 0 Å². The van der Waals surface area contributed by atoms with Gasteiger partial charge in [0, 0.05) is 32.7 Å². The predicted octanol–water partition coefficient (Wildman–Crippen LogP) is -1.01. The summed E-state index contributed by atoms with van der Waals surface area (Å²) >= 11 is 0. The largest absolute Gasteiger partial charge is 0.369 e. The first-order valence-electron chi connectivity index (χ1n) is 6.37. The van der Waals surface area contributed by atoms with Gasteiger partial charge in [-0.25, -0.2) is 0 Å². The fraction of sp³-hybridized carbons (Fsp3) is 0.833. The highest BCUT2D eigenvalue weighted by Gasteiger charge is 2.31. The summed E-state index contributed by atoms with van der Waals surface area (Å²) in [4.78, 5) is 27.0. The minimum Gasteiger partial charge on any atom is -0.369 e. The number of carbonyl (C=O) groups is 2. The van der Waals surface area contributed by atoms with Crippen LogP contribution < -0.4 is 11.5 Å². The van der Waals surface area contributed by atoms with E-state index in [0.29, 0.717) is 19.6 Å². The summed E-state index contributed by atoms with van der Waals surface area (Å²) in [6, 6.07) is 0. The molecule has 0 radical (unpaired) electrons. The molecule has 0 spiro atoms. The van der Waals surface area contributed by atoms with Crippen molar-refractivity contribution in [3.05, 3.63) is 0 Å². The van der Waals surface area contributed by atoms with Crippen molar-refractivity contribution >= 4 is 11.8 Å². The van der Waals surface area contributed by atoms with Crippen molar-refractivity contribution in [1.82, 2.24) is 9.80 Å². The molecule has 18 heavy (non-hydrogen) atoms. The molecule has 1 heterocycles. The smallest absolute Gasteiger partial charge is 0.231 e. The molecule has 1 fully saturated rings. The molecular weight excluding hydrogens is 232 g/mol. The Labute approximate surface area is 108 Å². The average molecular weight is 256 g/mol. The first kappa shape index (κ1) is 14.9. The minimum absolute atomic E-state index is 0.0888. The van der Waals surface area contributed by atoms with Gasteiger partial charge in [0.25, 0.3) is 0 Å². The summed E-state index contributed by atoms with van der Waals surface area (Å²) in [6.07, 6.45) is 0.861. The van der Waals surface area contributed by atoms with Gasteiger partial charge in [0.05, 0.1) is 12.0 Å². The Morgan fingerprint density at radius 1 is 1.17 bits per heavy atom. The van der Waals surface area contributed by atoms with E-state index in [1.807, 2.05) is 23.6 Å². The average Bonchev–Trinajstić information content (AvgIpc) is 2.53. The zero-order valence-corrected chi connectivity index (χ0v) is 11.3. The molecule has 0 aromatic carbocycles. The third kappa shape index (κ3) is 3.96. The van der Waals surface area contributed by atoms with Crippen molar-refractivity contribution in [2.24, 2.45) is 16.9 Å². The van der Waals surface area contributed by atoms with Crippen LogP contribution in [0.4, 0.5) is 0 Å². The first-order valence-corrected chi connectivity index (χ1v) is 6.37. The maximum absolute atomic E-state index is 12.3. The Hall–Kier alpha value is -1.14. The molecule has 6 heteroatoms. The van der Waals surface area contributed by atoms with Gasteiger partial charge < -0.3 is 16.4 Å². The van der Waals surface area contributed by atoms with E-state index < -0.39 is 5.41 Å². The topological polar surface area (TPSA) is 92.7 Å². The second-order valence-electron chi connectivity index (χ2n) is 5.48. The highest BCUT2D eigenvalue weighted by Crippen LogP contribution is 2.18. The summed E-state index contributed by atoms with van der Waals surface area (Å²) in [6.45, 7) is 7.18. The summed E-state index contributed by atoms with van der Waals surface area (Å²) in [5, 5.41) is 0. The molecule has 0 bridgehead atoms. The number of nitrogens with two attached hydrogens (primary N) is 2. The van der Waals surface area contributed by atoms with Crippen LogP contribution in [0.5, 0.6) is 0 Å². The lowest BCUT2D eigenvalue weighted by atomic mass is 9.92. The quantitative estimate of drug-likeness (QED) is 0.674. The molecule has 1 saturated heterocycles. The zero-order chi connectivity index (χ0) is 13.8. The van der Waals surface area contributed by atoms with Crippen LogP contribution in [0.25, 0.3) is 0 Å². The lowest BCUT2D eigenvalue weighted by molar-refractivity contribution is -0.139. The molecule has 0 atom stereocenters. The highest BCUT2D eigenvalue weighted by molar-refractivity contribution is 5.82. The summed E-state index contributed by atoms with van der Waals surface area (Å²) < 4.78 is 0. The molecule has 0 aromatic rings. The van der Waals surface area contributed by atoms with Gasteiger partial charge in [-0.1, -0.05) is 0 Å². The van der Waals surface area contributed by atoms with Crippen molar-refractivity contribution in [1.29, 1.82) is 0 Å². The van der Waals surface area contributed by atoms with Crippen molar-refractivity contribution in [3.8, 4) is 0 Å². The van der Waals surface area contributed by atoms with Gasteiger partial charge in [-0.3, -0.25) is 14.5 Å². The molecule has 4 N–H and O–H groups in total. The van der Waals surface area contributed by atoms with Crippen LogP contribution in [0.1, 0.15) is 20.3 Å². The van der Waals surface area contributed by atoms with Gasteiger partial charge in [-0.2, -0.15) is 0 Å². The third-order valence-corrected chi connectivity index (χ3v) is 3.34. The van der Waals surface area contributed by atoms with Crippen LogP contribution in [0.3, 0.4) is 0 Å². The standard InChI is InChI=1S/C12H24N4O2/c1-12(2,9-13)11(18)16-5-3-4-15(6-7-16)8-10(14)17/h3-9,13H2,1-2H3,(H2,14,17). The number of amides is 2. The minimum atomic E-state index is -0.515. The normalized spacial score (nSPS) is 18.5. The van der Waals surface area contributed by atoms with Gasteiger partial charge in [-0.05, 0) is 20.3 Å². The monoisotopic (exact) mass is 256 g/mol. The highest BCUT2D eigenvalue weighted by atomic mass is 16.2. The Morgan fingerprint density at radius 2 is 1.83 bits per heavy atom. The van der Waals surface area contributed by atoms with Crippen LogP contribution in [0.15, 0.2) is 0 Å². The Balaban J connectivity index is 2.56. The maximum Gasteiger partial charge on any atom is 0.231 e. The third-order valence-electron chi connectivity index (χ3n) is 3.34. The summed E-state index contributed by atoms with van der Waals surface area (Å²) in [7, 11) is 0. The van der Waals surface area contributed by atoms with E-state index in [4.69, 9.17) is 11.5 Å². The van der Waals surface area contributed by atoms with Crippen LogP contribution >= 0.6 is 0 Å². The maximum atomic E-state index is 12.3. The van der Waals surface area contributed by atoms with Crippen LogP contribution in [-0.2, 0) is 9.59 Å². The van der Waals surface area contributed by atoms with Gasteiger partial charge in [-0.15, -0.1) is 0 Å². The second kappa shape index (κ2) is 6.15. The SMILES string of the molecule is CC(C)(CN)C(=O)N1CCCN(CC(N)=O)CC1. The number of carbonyl (C=O) groups excluding carboxylic acids is 2. The summed E-state index contributed by atoms with van der Waals surface area (Å²) in [5.74, 6) is -0.233. The Morgan fingerprint density at radius 3 is 2.39 bits per heavy atom. The lowest BCUT2D eigenvalue weighted by Gasteiger charge is -2.30. The molecule has 2 amide bonds. The molecule has 0 aromatic heterocycles. The van der Waals surface area contributed by atoms with Gasteiger partial charge >= 0.3 is 0 Å². The van der Waals surface area contributed by atoms with Gasteiger partial charge in [0.1, 0.15) is 0 Å². The Bertz CT molecular complexity index is 317. The van der Waals surface area contributed by atoms with Crippen LogP contribution in [0, 0.1) is 5.41 Å². The molecular formula is C12H24N4O2. The van der Waals surface area contributed by atoms with Crippen LogP contribution in [0.2, 0.25) is 0 Å². The van der Waals surface area contributed by atoms with E-state index in [2.05, 4.69) is 0 Å². The van der Waals surface area contributed by atoms with Crippen LogP contribution in [-0.4, -0.2) is 60.9 Å². The predicted molar refractivity (Wildman–Crippen MR) is 69.7 cm³/mol. The second-order valence-corrected chi connectivity index (χ2v) is 5.48. The van der Waals surface area contributed by atoms with E-state index in [1.165, 1.54) is 0 Å². The van der Waals surface area contributed by atoms with E-state index in [0.717, 1.165) is 19.5 Å².